The molecule has 0 aliphatic rings. The molecule has 0 spiro atoms. The van der Waals surface area contributed by atoms with Crippen LogP contribution in [-0.2, 0) is 43.0 Å². The molecule has 270 valence electrons. The topological polar surface area (TPSA) is 199 Å². The number of esters is 3. The Bertz CT molecular complexity index is 947. The van der Waals surface area contributed by atoms with Crippen molar-refractivity contribution in [1.82, 2.24) is 0 Å². The molecule has 0 N–H and O–H groups in total. The smallest absolute Gasteiger partial charge is 0.306 e. The Morgan fingerprint density at radius 1 is 0.522 bits per heavy atom. The van der Waals surface area contributed by atoms with Gasteiger partial charge in [0.15, 0.2) is 18.3 Å². The lowest BCUT2D eigenvalue weighted by molar-refractivity contribution is -0.873. The van der Waals surface area contributed by atoms with Crippen molar-refractivity contribution < 1.29 is 71.7 Å². The molecule has 0 saturated heterocycles. The normalized spacial score (nSPS) is 13.4. The minimum atomic E-state index is -1.20. The third-order valence-electron chi connectivity index (χ3n) is 5.23. The molecule has 46 heavy (non-hydrogen) atoms. The van der Waals surface area contributed by atoms with Gasteiger partial charge in [0, 0.05) is 56.9 Å². The summed E-state index contributed by atoms with van der Waals surface area (Å²) in [5, 5.41) is 31.4. The highest BCUT2D eigenvalue weighted by atomic mass is 16.6. The van der Waals surface area contributed by atoms with Gasteiger partial charge in [-0.25, -0.2) is 0 Å². The quantitative estimate of drug-likeness (QED) is 0.0864. The van der Waals surface area contributed by atoms with Gasteiger partial charge in [0.2, 0.25) is 0 Å². The van der Waals surface area contributed by atoms with Crippen molar-refractivity contribution in [2.24, 2.45) is 5.92 Å². The third-order valence-corrected chi connectivity index (χ3v) is 5.23. The Morgan fingerprint density at radius 2 is 0.804 bits per heavy atom. The number of quaternary nitrogens is 3. The van der Waals surface area contributed by atoms with Crippen molar-refractivity contribution >= 4 is 35.8 Å². The zero-order chi connectivity index (χ0) is 37.1. The van der Waals surface area contributed by atoms with Crippen LogP contribution in [0.15, 0.2) is 0 Å². The molecule has 3 unspecified atom stereocenters. The second kappa shape index (κ2) is 22.3. The summed E-state index contributed by atoms with van der Waals surface area (Å²) < 4.78 is 16.6. The number of ether oxygens (including phenoxy) is 3. The molecular weight excluding hydrogens is 606 g/mol. The first-order chi connectivity index (χ1) is 20.5. The van der Waals surface area contributed by atoms with Crippen molar-refractivity contribution in [2.45, 2.75) is 78.1 Å². The number of carboxylic acid groups (broad SMARTS) is 3. The van der Waals surface area contributed by atoms with Gasteiger partial charge in [0.1, 0.15) is 19.6 Å². The molecule has 0 aliphatic carbocycles. The standard InChI is InChI=1S/C12H23NO4.C10H19NO4.C9H17NO4/c1-9(2)6-12(16)17-10(7-11(14)15)8-13(3,4)5;1-5-10(14)15-8(6-9(12)13)7-11(2,3)4;1-7(11)14-8(5-9(12)13)6-10(2,3)4/h9-10H,6-8H2,1-5H3;8H,5-7H2,1-4H3;8H,5-6H2,1-4H3. The maximum absolute atomic E-state index is 11.5. The van der Waals surface area contributed by atoms with Crippen molar-refractivity contribution in [3.63, 3.8) is 0 Å². The molecule has 3 atom stereocenters. The number of hydrogen-bond donors (Lipinski definition) is 0. The lowest BCUT2D eigenvalue weighted by Gasteiger charge is -2.29. The van der Waals surface area contributed by atoms with Crippen LogP contribution in [0.25, 0.3) is 0 Å². The zero-order valence-electron chi connectivity index (χ0n) is 30.2. The minimum Gasteiger partial charge on any atom is -0.550 e. The van der Waals surface area contributed by atoms with Gasteiger partial charge in [-0.2, -0.15) is 0 Å². The Balaban J connectivity index is -0.000000606. The fraction of sp³-hybridized carbons (Fsp3) is 0.806. The second-order valence-electron chi connectivity index (χ2n) is 14.6. The highest BCUT2D eigenvalue weighted by molar-refractivity contribution is 5.71. The Kier molecular flexibility index (Phi) is 22.8. The van der Waals surface area contributed by atoms with Gasteiger partial charge in [-0.1, -0.05) is 20.8 Å². The summed E-state index contributed by atoms with van der Waals surface area (Å²) >= 11 is 0. The van der Waals surface area contributed by atoms with E-state index in [1.54, 1.807) is 6.92 Å². The number of rotatable bonds is 18. The van der Waals surface area contributed by atoms with Crippen LogP contribution < -0.4 is 15.3 Å². The summed E-state index contributed by atoms with van der Waals surface area (Å²) in [4.78, 5) is 64.6. The fourth-order valence-corrected chi connectivity index (χ4v) is 3.89. The lowest BCUT2D eigenvalue weighted by Crippen LogP contribution is -2.45. The molecule has 0 aliphatic heterocycles. The highest BCUT2D eigenvalue weighted by Crippen LogP contribution is 2.09. The van der Waals surface area contributed by atoms with E-state index in [4.69, 9.17) is 14.2 Å². The largest absolute Gasteiger partial charge is 0.550 e. The van der Waals surface area contributed by atoms with Crippen LogP contribution in [0, 0.1) is 5.92 Å². The van der Waals surface area contributed by atoms with Gasteiger partial charge >= 0.3 is 17.9 Å². The van der Waals surface area contributed by atoms with E-state index >= 15 is 0 Å². The van der Waals surface area contributed by atoms with E-state index in [2.05, 4.69) is 0 Å². The minimum absolute atomic E-state index is 0.204. The Labute approximate surface area is 274 Å². The molecule has 0 aromatic rings. The van der Waals surface area contributed by atoms with Crippen molar-refractivity contribution in [2.75, 3.05) is 83.1 Å². The number of hydrogen-bond acceptors (Lipinski definition) is 12. The fourth-order valence-electron chi connectivity index (χ4n) is 3.89. The van der Waals surface area contributed by atoms with Crippen LogP contribution in [0.1, 0.15) is 59.8 Å². The highest BCUT2D eigenvalue weighted by Gasteiger charge is 2.24. The van der Waals surface area contributed by atoms with Crippen LogP contribution in [0.4, 0.5) is 0 Å². The molecule has 0 fully saturated rings. The molecule has 0 heterocycles. The number of aliphatic carboxylic acids is 3. The summed E-state index contributed by atoms with van der Waals surface area (Å²) in [7, 11) is 17.1. The average molecular weight is 666 g/mol. The summed E-state index contributed by atoms with van der Waals surface area (Å²) in [6.07, 6.45) is -2.04. The second-order valence-corrected chi connectivity index (χ2v) is 14.6. The maximum Gasteiger partial charge on any atom is 0.306 e. The number of carbonyl (C=O) groups is 6. The molecule has 0 amide bonds. The van der Waals surface area contributed by atoms with E-state index in [0.717, 1.165) is 0 Å². The first kappa shape index (κ1) is 47.1. The van der Waals surface area contributed by atoms with Crippen LogP contribution in [0.5, 0.6) is 0 Å². The molecule has 0 rings (SSSR count). The van der Waals surface area contributed by atoms with Gasteiger partial charge in [-0.15, -0.1) is 0 Å². The Hall–Kier alpha value is -3.30. The first-order valence-electron chi connectivity index (χ1n) is 15.1. The molecule has 0 aromatic heterocycles. The van der Waals surface area contributed by atoms with Gasteiger partial charge in [-0.05, 0) is 5.92 Å². The van der Waals surface area contributed by atoms with Gasteiger partial charge in [0.25, 0.3) is 0 Å². The van der Waals surface area contributed by atoms with Crippen LogP contribution in [0.2, 0.25) is 0 Å². The molecule has 0 radical (unpaired) electrons. The van der Waals surface area contributed by atoms with E-state index in [1.165, 1.54) is 6.92 Å². The van der Waals surface area contributed by atoms with Gasteiger partial charge in [0.05, 0.1) is 63.4 Å². The number of carbonyl (C=O) groups excluding carboxylic acids is 6. The van der Waals surface area contributed by atoms with E-state index in [9.17, 15) is 44.1 Å². The summed E-state index contributed by atoms with van der Waals surface area (Å²) in [5.74, 6) is -4.59. The lowest BCUT2D eigenvalue weighted by atomic mass is 10.1. The van der Waals surface area contributed by atoms with Gasteiger partial charge in [-0.3, -0.25) is 14.4 Å². The predicted octanol–water partition coefficient (Wildman–Crippen LogP) is -2.29. The van der Waals surface area contributed by atoms with Crippen LogP contribution in [0.3, 0.4) is 0 Å². The first-order valence-corrected chi connectivity index (χ1v) is 15.1. The van der Waals surface area contributed by atoms with E-state index in [-0.39, 0.29) is 43.5 Å². The molecule has 0 saturated carbocycles. The van der Waals surface area contributed by atoms with Crippen molar-refractivity contribution in [3.8, 4) is 0 Å². The number of likely N-dealkylation sites (N-methyl/N-ethyl adjacent to an activating group) is 3. The van der Waals surface area contributed by atoms with E-state index in [1.807, 2.05) is 77.3 Å². The molecule has 15 nitrogen and oxygen atoms in total. The monoisotopic (exact) mass is 665 g/mol. The number of nitrogens with zero attached hydrogens (tertiary/aromatic N) is 3. The predicted molar refractivity (Wildman–Crippen MR) is 163 cm³/mol. The Morgan fingerprint density at radius 3 is 1.02 bits per heavy atom. The molecule has 0 bridgehead atoms. The number of carboxylic acids is 3. The molecule has 0 aromatic carbocycles. The van der Waals surface area contributed by atoms with Crippen molar-refractivity contribution in [3.05, 3.63) is 0 Å². The van der Waals surface area contributed by atoms with Crippen molar-refractivity contribution in [1.29, 1.82) is 0 Å². The van der Waals surface area contributed by atoms with Gasteiger partial charge < -0.3 is 57.4 Å². The summed E-state index contributed by atoms with van der Waals surface area (Å²) in [6.45, 7) is 8.12. The maximum atomic E-state index is 11.5. The van der Waals surface area contributed by atoms with Crippen LogP contribution >= 0.6 is 0 Å². The van der Waals surface area contributed by atoms with Crippen LogP contribution in [-0.4, -0.2) is 151 Å². The summed E-state index contributed by atoms with van der Waals surface area (Å²) in [5.41, 5.74) is 0. The average Bonchev–Trinajstić information content (AvgIpc) is 2.73. The summed E-state index contributed by atoms with van der Waals surface area (Å²) in [6, 6.07) is 0. The SMILES string of the molecule is CC(=O)OC(CC(=O)[O-])C[N+](C)(C)C.CC(C)CC(=O)OC(CC(=O)[O-])C[N+](C)(C)C.CCC(=O)OC(CC(=O)[O-])C[N+](C)(C)C. The van der Waals surface area contributed by atoms with E-state index in [0.29, 0.717) is 39.5 Å². The molecule has 15 heteroatoms. The third kappa shape index (κ3) is 36.9. The zero-order valence-corrected chi connectivity index (χ0v) is 30.2. The molecular formula is C31H59N3O12. The van der Waals surface area contributed by atoms with E-state index < -0.39 is 42.2 Å².